The Morgan fingerprint density at radius 1 is 1.53 bits per heavy atom. The Hall–Kier alpha value is -1.33. The van der Waals surface area contributed by atoms with E-state index in [1.54, 1.807) is 19.4 Å². The molecule has 0 aliphatic carbocycles. The molecule has 5 heteroatoms. The third kappa shape index (κ3) is 5.01. The molecule has 0 spiro atoms. The van der Waals surface area contributed by atoms with Crippen molar-refractivity contribution in [1.29, 1.82) is 0 Å². The van der Waals surface area contributed by atoms with Crippen LogP contribution in [0, 0.1) is 0 Å². The van der Waals surface area contributed by atoms with Gasteiger partial charge in [0.05, 0.1) is 25.0 Å². The van der Waals surface area contributed by atoms with Gasteiger partial charge in [-0.05, 0) is 26.0 Å². The quantitative estimate of drug-likeness (QED) is 0.743. The number of nitrogens with one attached hydrogen (secondary N) is 2. The first-order chi connectivity index (χ1) is 8.13. The van der Waals surface area contributed by atoms with Crippen molar-refractivity contribution in [2.45, 2.75) is 32.5 Å². The molecule has 1 heterocycles. The van der Waals surface area contributed by atoms with E-state index in [1.807, 2.05) is 19.9 Å². The minimum atomic E-state index is -0.248. The van der Waals surface area contributed by atoms with Gasteiger partial charge in [-0.15, -0.1) is 0 Å². The van der Waals surface area contributed by atoms with Crippen LogP contribution in [0.5, 0.6) is 0 Å². The highest BCUT2D eigenvalue weighted by Gasteiger charge is 2.13. The maximum absolute atomic E-state index is 11.7. The summed E-state index contributed by atoms with van der Waals surface area (Å²) in [5, 5.41) is 5.89. The monoisotopic (exact) mass is 240 g/mol. The number of carbonyl (C=O) groups excluding carboxylic acids is 1. The Balaban J connectivity index is 2.22. The molecule has 1 rings (SSSR count). The van der Waals surface area contributed by atoms with E-state index in [-0.39, 0.29) is 18.1 Å². The fraction of sp³-hybridized carbons (Fsp3) is 0.583. The van der Waals surface area contributed by atoms with Gasteiger partial charge in [-0.1, -0.05) is 0 Å². The summed E-state index contributed by atoms with van der Waals surface area (Å²) in [5.74, 6) is 0.695. The van der Waals surface area contributed by atoms with Gasteiger partial charge in [-0.2, -0.15) is 0 Å². The molecule has 0 aromatic carbocycles. The Morgan fingerprint density at radius 2 is 2.29 bits per heavy atom. The van der Waals surface area contributed by atoms with Crippen molar-refractivity contribution in [3.8, 4) is 0 Å². The average molecular weight is 240 g/mol. The molecule has 0 radical (unpaired) electrons. The van der Waals surface area contributed by atoms with Crippen LogP contribution in [0.1, 0.15) is 19.6 Å². The summed E-state index contributed by atoms with van der Waals surface area (Å²) in [4.78, 5) is 11.7. The number of rotatable bonds is 7. The highest BCUT2D eigenvalue weighted by molar-refractivity contribution is 5.81. The molecular weight excluding hydrogens is 220 g/mol. The number of ether oxygens (including phenoxy) is 1. The molecule has 0 saturated heterocycles. The molecule has 1 amide bonds. The lowest BCUT2D eigenvalue weighted by atomic mass is 10.3. The number of hydrogen-bond acceptors (Lipinski definition) is 4. The van der Waals surface area contributed by atoms with E-state index in [4.69, 9.17) is 9.15 Å². The van der Waals surface area contributed by atoms with Gasteiger partial charge >= 0.3 is 0 Å². The van der Waals surface area contributed by atoms with E-state index in [2.05, 4.69) is 10.6 Å². The zero-order chi connectivity index (χ0) is 12.7. The summed E-state index contributed by atoms with van der Waals surface area (Å²) in [6.45, 7) is 4.82. The van der Waals surface area contributed by atoms with Crippen molar-refractivity contribution in [2.75, 3.05) is 13.7 Å². The predicted octanol–water partition coefficient (Wildman–Crippen LogP) is 0.909. The van der Waals surface area contributed by atoms with Gasteiger partial charge in [0.25, 0.3) is 0 Å². The van der Waals surface area contributed by atoms with Crippen LogP contribution in [0.4, 0.5) is 0 Å². The summed E-state index contributed by atoms with van der Waals surface area (Å²) in [6, 6.07) is 3.37. The molecule has 0 aliphatic heterocycles. The van der Waals surface area contributed by atoms with E-state index in [0.29, 0.717) is 13.1 Å². The zero-order valence-corrected chi connectivity index (χ0v) is 10.5. The molecule has 96 valence electrons. The van der Waals surface area contributed by atoms with E-state index in [0.717, 1.165) is 5.76 Å². The molecular formula is C12H20N2O3. The van der Waals surface area contributed by atoms with E-state index in [9.17, 15) is 4.79 Å². The molecule has 2 atom stereocenters. The van der Waals surface area contributed by atoms with E-state index in [1.165, 1.54) is 0 Å². The van der Waals surface area contributed by atoms with Gasteiger partial charge < -0.3 is 19.8 Å². The second-order valence-electron chi connectivity index (χ2n) is 3.97. The van der Waals surface area contributed by atoms with Crippen LogP contribution in [-0.2, 0) is 16.1 Å². The van der Waals surface area contributed by atoms with Gasteiger partial charge in [0, 0.05) is 13.7 Å². The fourth-order valence-corrected chi connectivity index (χ4v) is 1.26. The second kappa shape index (κ2) is 7.09. The summed E-state index contributed by atoms with van der Waals surface area (Å²) < 4.78 is 10.2. The van der Waals surface area contributed by atoms with Crippen LogP contribution in [0.3, 0.4) is 0 Å². The van der Waals surface area contributed by atoms with Gasteiger partial charge in [0.1, 0.15) is 5.76 Å². The standard InChI is InChI=1S/C12H20N2O3/c1-9(16-3)7-13-10(2)12(15)14-8-11-5-4-6-17-11/h4-6,9-10,13H,7-8H2,1-3H3,(H,14,15). The maximum atomic E-state index is 11.7. The fourth-order valence-electron chi connectivity index (χ4n) is 1.26. The average Bonchev–Trinajstić information content (AvgIpc) is 2.85. The first kappa shape index (κ1) is 13.7. The molecule has 0 aliphatic rings. The minimum absolute atomic E-state index is 0.0512. The minimum Gasteiger partial charge on any atom is -0.467 e. The van der Waals surface area contributed by atoms with Crippen molar-refractivity contribution in [2.24, 2.45) is 0 Å². The van der Waals surface area contributed by atoms with E-state index < -0.39 is 0 Å². The highest BCUT2D eigenvalue weighted by Crippen LogP contribution is 1.98. The number of amides is 1. The third-order valence-electron chi connectivity index (χ3n) is 2.52. The highest BCUT2D eigenvalue weighted by atomic mass is 16.5. The zero-order valence-electron chi connectivity index (χ0n) is 10.5. The molecule has 1 aromatic heterocycles. The maximum Gasteiger partial charge on any atom is 0.237 e. The summed E-state index contributed by atoms with van der Waals surface area (Å²) in [5.41, 5.74) is 0. The van der Waals surface area contributed by atoms with Crippen LogP contribution in [0.2, 0.25) is 0 Å². The Labute approximate surface area is 102 Å². The van der Waals surface area contributed by atoms with Crippen LogP contribution >= 0.6 is 0 Å². The topological polar surface area (TPSA) is 63.5 Å². The lowest BCUT2D eigenvalue weighted by Gasteiger charge is -2.16. The Morgan fingerprint density at radius 3 is 2.88 bits per heavy atom. The van der Waals surface area contributed by atoms with Crippen LogP contribution in [0.25, 0.3) is 0 Å². The molecule has 2 N–H and O–H groups in total. The summed E-state index contributed by atoms with van der Waals surface area (Å²) in [6.07, 6.45) is 1.68. The molecule has 5 nitrogen and oxygen atoms in total. The molecule has 0 bridgehead atoms. The van der Waals surface area contributed by atoms with Crippen LogP contribution < -0.4 is 10.6 Å². The molecule has 0 saturated carbocycles. The van der Waals surface area contributed by atoms with Crippen molar-refractivity contribution in [3.63, 3.8) is 0 Å². The van der Waals surface area contributed by atoms with Crippen molar-refractivity contribution >= 4 is 5.91 Å². The lowest BCUT2D eigenvalue weighted by Crippen LogP contribution is -2.44. The SMILES string of the molecule is COC(C)CNC(C)C(=O)NCc1ccco1. The molecule has 17 heavy (non-hydrogen) atoms. The lowest BCUT2D eigenvalue weighted by molar-refractivity contribution is -0.123. The van der Waals surface area contributed by atoms with Crippen LogP contribution in [-0.4, -0.2) is 31.7 Å². The van der Waals surface area contributed by atoms with Crippen molar-refractivity contribution < 1.29 is 13.9 Å². The van der Waals surface area contributed by atoms with E-state index >= 15 is 0 Å². The van der Waals surface area contributed by atoms with Gasteiger partial charge in [-0.25, -0.2) is 0 Å². The first-order valence-electron chi connectivity index (χ1n) is 5.69. The normalized spacial score (nSPS) is 14.3. The number of furan rings is 1. The summed E-state index contributed by atoms with van der Waals surface area (Å²) in [7, 11) is 1.65. The Kier molecular flexibility index (Phi) is 5.72. The van der Waals surface area contributed by atoms with Crippen molar-refractivity contribution in [1.82, 2.24) is 10.6 Å². The number of carbonyl (C=O) groups is 1. The molecule has 1 aromatic rings. The molecule has 0 fully saturated rings. The van der Waals surface area contributed by atoms with Crippen molar-refractivity contribution in [3.05, 3.63) is 24.2 Å². The van der Waals surface area contributed by atoms with Crippen LogP contribution in [0.15, 0.2) is 22.8 Å². The number of hydrogen-bond donors (Lipinski definition) is 2. The van der Waals surface area contributed by atoms with Gasteiger partial charge in [0.2, 0.25) is 5.91 Å². The largest absolute Gasteiger partial charge is 0.467 e. The first-order valence-corrected chi connectivity index (χ1v) is 5.69. The Bertz CT molecular complexity index is 325. The molecule has 2 unspecified atom stereocenters. The predicted molar refractivity (Wildman–Crippen MR) is 64.5 cm³/mol. The number of methoxy groups -OCH3 is 1. The second-order valence-corrected chi connectivity index (χ2v) is 3.97. The smallest absolute Gasteiger partial charge is 0.237 e. The third-order valence-corrected chi connectivity index (χ3v) is 2.52. The van der Waals surface area contributed by atoms with Gasteiger partial charge in [-0.3, -0.25) is 4.79 Å². The van der Waals surface area contributed by atoms with Gasteiger partial charge in [0.15, 0.2) is 0 Å². The summed E-state index contributed by atoms with van der Waals surface area (Å²) >= 11 is 0.